The molecule has 0 amide bonds. The third kappa shape index (κ3) is 5.67. The lowest BCUT2D eigenvalue weighted by Gasteiger charge is -2.35. The molecule has 1 aliphatic carbocycles. The number of hydrogen-bond acceptors (Lipinski definition) is 3. The highest BCUT2D eigenvalue weighted by Gasteiger charge is 2.34. The zero-order chi connectivity index (χ0) is 14.5. The standard InChI is InChI=1S/C13H25F3N2O/c1-12(9-17,6-3-7-13(14,15)16)18-11-5-2-4-10(11)8-19/h10-11,18-19H,2-9,17H2,1H3. The lowest BCUT2D eigenvalue weighted by molar-refractivity contribution is -0.136. The first-order valence-electron chi connectivity index (χ1n) is 6.95. The minimum atomic E-state index is -4.10. The molecule has 3 nitrogen and oxygen atoms in total. The average Bonchev–Trinajstić information content (AvgIpc) is 2.74. The average molecular weight is 282 g/mol. The third-order valence-electron chi connectivity index (χ3n) is 4.07. The van der Waals surface area contributed by atoms with Gasteiger partial charge in [0.2, 0.25) is 0 Å². The molecule has 1 saturated carbocycles. The van der Waals surface area contributed by atoms with Gasteiger partial charge in [-0.2, -0.15) is 13.2 Å². The molecule has 0 saturated heterocycles. The Balaban J connectivity index is 2.45. The minimum absolute atomic E-state index is 0.0840. The Labute approximate surface area is 112 Å². The zero-order valence-corrected chi connectivity index (χ0v) is 11.5. The summed E-state index contributed by atoms with van der Waals surface area (Å²) >= 11 is 0. The van der Waals surface area contributed by atoms with E-state index in [2.05, 4.69) is 5.32 Å². The first-order valence-corrected chi connectivity index (χ1v) is 6.95. The summed E-state index contributed by atoms with van der Waals surface area (Å²) in [5.41, 5.74) is 5.24. The van der Waals surface area contributed by atoms with Crippen molar-refractivity contribution in [3.8, 4) is 0 Å². The molecule has 0 radical (unpaired) electrons. The predicted octanol–water partition coefficient (Wildman–Crippen LogP) is 2.19. The second-order valence-electron chi connectivity index (χ2n) is 5.86. The summed E-state index contributed by atoms with van der Waals surface area (Å²) in [6.07, 6.45) is -1.41. The molecule has 0 heterocycles. The molecule has 0 bridgehead atoms. The summed E-state index contributed by atoms with van der Waals surface area (Å²) in [7, 11) is 0. The van der Waals surface area contributed by atoms with Gasteiger partial charge in [0, 0.05) is 31.2 Å². The van der Waals surface area contributed by atoms with Gasteiger partial charge in [-0.3, -0.25) is 0 Å². The van der Waals surface area contributed by atoms with Crippen molar-refractivity contribution in [3.63, 3.8) is 0 Å². The van der Waals surface area contributed by atoms with Gasteiger partial charge in [0.15, 0.2) is 0 Å². The third-order valence-corrected chi connectivity index (χ3v) is 4.07. The van der Waals surface area contributed by atoms with Crippen LogP contribution in [0.3, 0.4) is 0 Å². The molecular formula is C13H25F3N2O. The van der Waals surface area contributed by atoms with Crippen molar-refractivity contribution >= 4 is 0 Å². The quantitative estimate of drug-likeness (QED) is 0.671. The van der Waals surface area contributed by atoms with Gasteiger partial charge in [-0.25, -0.2) is 0 Å². The summed E-state index contributed by atoms with van der Waals surface area (Å²) in [6, 6.07) is 0.171. The van der Waals surface area contributed by atoms with Gasteiger partial charge in [-0.1, -0.05) is 6.42 Å². The van der Waals surface area contributed by atoms with Crippen LogP contribution in [0, 0.1) is 5.92 Å². The van der Waals surface area contributed by atoms with Crippen LogP contribution in [-0.2, 0) is 0 Å². The fourth-order valence-corrected chi connectivity index (χ4v) is 2.81. The first-order chi connectivity index (χ1) is 8.79. The van der Waals surface area contributed by atoms with Crippen molar-refractivity contribution < 1.29 is 18.3 Å². The number of rotatable bonds is 7. The van der Waals surface area contributed by atoms with Crippen LogP contribution in [0.5, 0.6) is 0 Å². The smallest absolute Gasteiger partial charge is 0.389 e. The maximum atomic E-state index is 12.2. The summed E-state index contributed by atoms with van der Waals surface area (Å²) in [5.74, 6) is 0.202. The van der Waals surface area contributed by atoms with E-state index in [1.165, 1.54) is 0 Å². The van der Waals surface area contributed by atoms with E-state index in [-0.39, 0.29) is 25.0 Å². The highest BCUT2D eigenvalue weighted by Crippen LogP contribution is 2.29. The summed E-state index contributed by atoms with van der Waals surface area (Å²) < 4.78 is 36.5. The van der Waals surface area contributed by atoms with Gasteiger partial charge in [0.05, 0.1) is 0 Å². The number of hydrogen-bond donors (Lipinski definition) is 3. The van der Waals surface area contributed by atoms with E-state index in [1.807, 2.05) is 6.92 Å². The summed E-state index contributed by atoms with van der Waals surface area (Å²) in [4.78, 5) is 0. The van der Waals surface area contributed by atoms with Crippen LogP contribution in [0.15, 0.2) is 0 Å². The topological polar surface area (TPSA) is 58.3 Å². The Hall–Kier alpha value is -0.330. The highest BCUT2D eigenvalue weighted by molar-refractivity contribution is 4.92. The largest absolute Gasteiger partial charge is 0.396 e. The molecule has 1 rings (SSSR count). The molecular weight excluding hydrogens is 257 g/mol. The minimum Gasteiger partial charge on any atom is -0.396 e. The monoisotopic (exact) mass is 282 g/mol. The molecule has 6 heteroatoms. The van der Waals surface area contributed by atoms with E-state index in [1.54, 1.807) is 0 Å². The van der Waals surface area contributed by atoms with Crippen molar-refractivity contribution in [3.05, 3.63) is 0 Å². The van der Waals surface area contributed by atoms with Gasteiger partial charge >= 0.3 is 6.18 Å². The van der Waals surface area contributed by atoms with Crippen LogP contribution in [0.2, 0.25) is 0 Å². The van der Waals surface area contributed by atoms with Crippen molar-refractivity contribution in [2.24, 2.45) is 11.7 Å². The molecule has 19 heavy (non-hydrogen) atoms. The molecule has 0 aromatic carbocycles. The van der Waals surface area contributed by atoms with E-state index < -0.39 is 18.1 Å². The Morgan fingerprint density at radius 3 is 2.47 bits per heavy atom. The molecule has 0 aromatic heterocycles. The molecule has 3 atom stereocenters. The maximum absolute atomic E-state index is 12.2. The van der Waals surface area contributed by atoms with Crippen LogP contribution in [-0.4, -0.2) is 36.0 Å². The van der Waals surface area contributed by atoms with E-state index in [9.17, 15) is 18.3 Å². The fraction of sp³-hybridized carbons (Fsp3) is 1.00. The van der Waals surface area contributed by atoms with Crippen molar-refractivity contribution in [1.82, 2.24) is 5.32 Å². The number of nitrogens with two attached hydrogens (primary N) is 1. The Kier molecular flexibility index (Phi) is 6.08. The highest BCUT2D eigenvalue weighted by atomic mass is 19.4. The number of alkyl halides is 3. The lowest BCUT2D eigenvalue weighted by atomic mass is 9.91. The van der Waals surface area contributed by atoms with Gasteiger partial charge in [-0.15, -0.1) is 0 Å². The van der Waals surface area contributed by atoms with E-state index in [0.717, 1.165) is 19.3 Å². The second-order valence-corrected chi connectivity index (χ2v) is 5.86. The lowest BCUT2D eigenvalue weighted by Crippen LogP contribution is -2.54. The summed E-state index contributed by atoms with van der Waals surface area (Å²) in [5, 5.41) is 12.6. The number of nitrogens with one attached hydrogen (secondary N) is 1. The summed E-state index contributed by atoms with van der Waals surface area (Å²) in [6.45, 7) is 2.30. The van der Waals surface area contributed by atoms with Crippen LogP contribution < -0.4 is 11.1 Å². The second kappa shape index (κ2) is 6.90. The normalized spacial score (nSPS) is 27.5. The Morgan fingerprint density at radius 1 is 1.26 bits per heavy atom. The molecule has 1 fully saturated rings. The number of aliphatic hydroxyl groups is 1. The van der Waals surface area contributed by atoms with Gasteiger partial charge in [0.25, 0.3) is 0 Å². The Morgan fingerprint density at radius 2 is 1.95 bits per heavy atom. The van der Waals surface area contributed by atoms with Gasteiger partial charge in [-0.05, 0) is 38.5 Å². The molecule has 0 spiro atoms. The van der Waals surface area contributed by atoms with E-state index >= 15 is 0 Å². The fourth-order valence-electron chi connectivity index (χ4n) is 2.81. The molecule has 0 aliphatic heterocycles. The molecule has 114 valence electrons. The first kappa shape index (κ1) is 16.7. The number of aliphatic hydroxyl groups excluding tert-OH is 1. The van der Waals surface area contributed by atoms with E-state index in [4.69, 9.17) is 5.73 Å². The van der Waals surface area contributed by atoms with Crippen molar-refractivity contribution in [2.75, 3.05) is 13.2 Å². The molecule has 0 aromatic rings. The van der Waals surface area contributed by atoms with Crippen LogP contribution in [0.25, 0.3) is 0 Å². The van der Waals surface area contributed by atoms with Crippen molar-refractivity contribution in [1.29, 1.82) is 0 Å². The predicted molar refractivity (Wildman–Crippen MR) is 68.7 cm³/mol. The van der Waals surface area contributed by atoms with Crippen LogP contribution in [0.4, 0.5) is 13.2 Å². The van der Waals surface area contributed by atoms with Gasteiger partial charge < -0.3 is 16.2 Å². The SMILES string of the molecule is CC(CN)(CCCC(F)(F)F)NC1CCCC1CO. The molecule has 1 aliphatic rings. The van der Waals surface area contributed by atoms with E-state index in [0.29, 0.717) is 13.0 Å². The zero-order valence-electron chi connectivity index (χ0n) is 11.5. The van der Waals surface area contributed by atoms with Crippen LogP contribution >= 0.6 is 0 Å². The van der Waals surface area contributed by atoms with Gasteiger partial charge in [0.1, 0.15) is 0 Å². The maximum Gasteiger partial charge on any atom is 0.389 e. The van der Waals surface area contributed by atoms with Crippen LogP contribution in [0.1, 0.15) is 45.4 Å². The molecule has 4 N–H and O–H groups in total. The Bertz CT molecular complexity index is 273. The number of halogens is 3. The molecule has 3 unspecified atom stereocenters. The van der Waals surface area contributed by atoms with Crippen molar-refractivity contribution in [2.45, 2.75) is 63.2 Å².